The van der Waals surface area contributed by atoms with Gasteiger partial charge in [-0.15, -0.1) is 11.8 Å². The molecule has 0 saturated heterocycles. The Labute approximate surface area is 96.7 Å². The summed E-state index contributed by atoms with van der Waals surface area (Å²) < 4.78 is 21.2. The molecule has 0 atom stereocenters. The first kappa shape index (κ1) is 12.3. The molecule has 1 aromatic rings. The van der Waals surface area contributed by atoms with Gasteiger partial charge in [-0.3, -0.25) is 0 Å². The number of aromatic nitrogens is 1. The summed E-state index contributed by atoms with van der Waals surface area (Å²) >= 11 is 1.33. The van der Waals surface area contributed by atoms with Gasteiger partial charge in [0.25, 0.3) is 0 Å². The Balaban J connectivity index is 2.49. The molecule has 4 nitrogen and oxygen atoms in total. The molecule has 1 rings (SSSR count). The molecule has 0 radical (unpaired) electrons. The molecule has 0 saturated carbocycles. The predicted molar refractivity (Wildman–Crippen MR) is 59.3 cm³/mol. The lowest BCUT2D eigenvalue weighted by molar-refractivity contribution is 0.611. The van der Waals surface area contributed by atoms with E-state index in [1.54, 1.807) is 12.1 Å². The quantitative estimate of drug-likeness (QED) is 0.609. The minimum absolute atomic E-state index is 0.0841. The summed E-state index contributed by atoms with van der Waals surface area (Å²) in [7, 11) is 1.62. The van der Waals surface area contributed by atoms with E-state index in [4.69, 9.17) is 15.9 Å². The van der Waals surface area contributed by atoms with Crippen molar-refractivity contribution < 1.29 is 8.42 Å². The van der Waals surface area contributed by atoms with Gasteiger partial charge in [0.2, 0.25) is 9.05 Å². The Morgan fingerprint density at radius 2 is 2.27 bits per heavy atom. The molecule has 0 bridgehead atoms. The average molecular weight is 263 g/mol. The Hall–Kier alpha value is -0.770. The average Bonchev–Trinajstić information content (AvgIpc) is 2.17. The zero-order valence-corrected chi connectivity index (χ0v) is 9.94. The number of hydrogen-bond donors (Lipinski definition) is 0. The number of thioether (sulfide) groups is 1. The van der Waals surface area contributed by atoms with Crippen molar-refractivity contribution in [2.75, 3.05) is 11.5 Å². The highest BCUT2D eigenvalue weighted by molar-refractivity contribution is 8.14. The van der Waals surface area contributed by atoms with Crippen molar-refractivity contribution in [3.05, 3.63) is 24.0 Å². The van der Waals surface area contributed by atoms with Crippen LogP contribution in [0.15, 0.2) is 23.2 Å². The van der Waals surface area contributed by atoms with Crippen LogP contribution in [0.4, 0.5) is 0 Å². The molecule has 0 aliphatic heterocycles. The molecule has 0 amide bonds. The van der Waals surface area contributed by atoms with Crippen molar-refractivity contribution >= 4 is 31.5 Å². The van der Waals surface area contributed by atoms with E-state index < -0.39 is 9.05 Å². The van der Waals surface area contributed by atoms with E-state index >= 15 is 0 Å². The van der Waals surface area contributed by atoms with Crippen LogP contribution in [-0.2, 0) is 9.05 Å². The Morgan fingerprint density at radius 3 is 2.73 bits per heavy atom. The Bertz CT molecular complexity index is 464. The topological polar surface area (TPSA) is 70.8 Å². The lowest BCUT2D eigenvalue weighted by Crippen LogP contribution is -1.99. The molecule has 7 heteroatoms. The van der Waals surface area contributed by atoms with E-state index in [-0.39, 0.29) is 5.75 Å². The minimum Gasteiger partial charge on any atom is -0.244 e. The molecule has 0 unspecified atom stereocenters. The van der Waals surface area contributed by atoms with Crippen LogP contribution in [0.25, 0.3) is 0 Å². The van der Waals surface area contributed by atoms with Gasteiger partial charge in [-0.2, -0.15) is 5.26 Å². The van der Waals surface area contributed by atoms with E-state index in [0.29, 0.717) is 11.4 Å². The third kappa shape index (κ3) is 5.02. The normalized spacial score (nSPS) is 10.9. The van der Waals surface area contributed by atoms with Crippen LogP contribution in [-0.4, -0.2) is 24.9 Å². The first-order valence-electron chi connectivity index (χ1n) is 3.92. The van der Waals surface area contributed by atoms with E-state index in [0.717, 1.165) is 4.90 Å². The summed E-state index contributed by atoms with van der Waals surface area (Å²) in [4.78, 5) is 4.66. The molecule has 80 valence electrons. The molecular weight excluding hydrogens is 256 g/mol. The van der Waals surface area contributed by atoms with Crippen molar-refractivity contribution in [1.82, 2.24) is 4.98 Å². The lowest BCUT2D eigenvalue weighted by Gasteiger charge is -1.98. The van der Waals surface area contributed by atoms with Crippen LogP contribution < -0.4 is 0 Å². The molecule has 0 aliphatic rings. The van der Waals surface area contributed by atoms with Crippen molar-refractivity contribution in [1.29, 1.82) is 5.26 Å². The number of pyridine rings is 1. The summed E-state index contributed by atoms with van der Waals surface area (Å²) in [6.45, 7) is 0. The SMILES string of the molecule is N#Cc1ccc(SCCS(=O)(=O)Cl)cn1. The fraction of sp³-hybridized carbons (Fsp3) is 0.250. The van der Waals surface area contributed by atoms with Crippen LogP contribution in [0.1, 0.15) is 5.69 Å². The molecule has 1 aromatic heterocycles. The van der Waals surface area contributed by atoms with Gasteiger partial charge in [0.1, 0.15) is 11.8 Å². The lowest BCUT2D eigenvalue weighted by atomic mass is 10.4. The summed E-state index contributed by atoms with van der Waals surface area (Å²) in [6.07, 6.45) is 1.53. The van der Waals surface area contributed by atoms with Gasteiger partial charge in [0, 0.05) is 27.5 Å². The van der Waals surface area contributed by atoms with Crippen molar-refractivity contribution in [3.8, 4) is 6.07 Å². The molecule has 0 fully saturated rings. The largest absolute Gasteiger partial charge is 0.244 e. The van der Waals surface area contributed by atoms with E-state index in [2.05, 4.69) is 4.98 Å². The van der Waals surface area contributed by atoms with Crippen LogP contribution in [0.2, 0.25) is 0 Å². The molecule has 0 aromatic carbocycles. The fourth-order valence-corrected chi connectivity index (χ4v) is 3.01. The molecule has 15 heavy (non-hydrogen) atoms. The molecule has 0 spiro atoms. The summed E-state index contributed by atoms with van der Waals surface area (Å²) in [5.74, 6) is 0.290. The molecular formula is C8H7ClN2O2S2. The van der Waals surface area contributed by atoms with Gasteiger partial charge in [-0.1, -0.05) is 0 Å². The van der Waals surface area contributed by atoms with Gasteiger partial charge >= 0.3 is 0 Å². The first-order chi connectivity index (χ1) is 7.01. The van der Waals surface area contributed by atoms with Crippen LogP contribution >= 0.6 is 22.4 Å². The zero-order chi connectivity index (χ0) is 11.3. The standard InChI is InChI=1S/C8H7ClN2O2S2/c9-15(12,13)4-3-14-8-2-1-7(5-10)11-6-8/h1-2,6H,3-4H2. The maximum Gasteiger partial charge on any atom is 0.233 e. The Kier molecular flexibility index (Phi) is 4.39. The first-order valence-corrected chi connectivity index (χ1v) is 7.39. The molecule has 0 N–H and O–H groups in total. The molecule has 0 aliphatic carbocycles. The number of rotatable bonds is 4. The minimum atomic E-state index is -3.43. The van der Waals surface area contributed by atoms with Gasteiger partial charge in [0.05, 0.1) is 5.75 Å². The van der Waals surface area contributed by atoms with Crippen molar-refractivity contribution in [3.63, 3.8) is 0 Å². The maximum absolute atomic E-state index is 10.6. The van der Waals surface area contributed by atoms with Crippen LogP contribution in [0.5, 0.6) is 0 Å². The number of hydrogen-bond acceptors (Lipinski definition) is 5. The molecule has 1 heterocycles. The van der Waals surface area contributed by atoms with E-state index in [9.17, 15) is 8.42 Å². The van der Waals surface area contributed by atoms with Gasteiger partial charge in [-0.05, 0) is 12.1 Å². The second kappa shape index (κ2) is 5.35. The van der Waals surface area contributed by atoms with E-state index in [1.165, 1.54) is 18.0 Å². The van der Waals surface area contributed by atoms with Gasteiger partial charge < -0.3 is 0 Å². The van der Waals surface area contributed by atoms with E-state index in [1.807, 2.05) is 6.07 Å². The summed E-state index contributed by atoms with van der Waals surface area (Å²) in [5.41, 5.74) is 0.337. The van der Waals surface area contributed by atoms with Gasteiger partial charge in [-0.25, -0.2) is 13.4 Å². The third-order valence-electron chi connectivity index (χ3n) is 1.45. The highest BCUT2D eigenvalue weighted by Gasteiger charge is 2.05. The second-order valence-electron chi connectivity index (χ2n) is 2.58. The van der Waals surface area contributed by atoms with Crippen LogP contribution in [0, 0.1) is 11.3 Å². The van der Waals surface area contributed by atoms with Crippen molar-refractivity contribution in [2.45, 2.75) is 4.90 Å². The zero-order valence-electron chi connectivity index (χ0n) is 7.55. The second-order valence-corrected chi connectivity index (χ2v) is 6.65. The highest BCUT2D eigenvalue weighted by Crippen LogP contribution is 2.17. The monoisotopic (exact) mass is 262 g/mol. The number of nitriles is 1. The van der Waals surface area contributed by atoms with Gasteiger partial charge in [0.15, 0.2) is 0 Å². The number of nitrogens with zero attached hydrogens (tertiary/aromatic N) is 2. The smallest absolute Gasteiger partial charge is 0.233 e. The van der Waals surface area contributed by atoms with Crippen molar-refractivity contribution in [2.24, 2.45) is 0 Å². The number of halogens is 1. The summed E-state index contributed by atoms with van der Waals surface area (Å²) in [6, 6.07) is 5.20. The Morgan fingerprint density at radius 1 is 1.53 bits per heavy atom. The summed E-state index contributed by atoms with van der Waals surface area (Å²) in [5, 5.41) is 8.50. The van der Waals surface area contributed by atoms with Crippen LogP contribution in [0.3, 0.4) is 0 Å². The predicted octanol–water partition coefficient (Wildman–Crippen LogP) is 1.61. The highest BCUT2D eigenvalue weighted by atomic mass is 35.7. The third-order valence-corrected chi connectivity index (χ3v) is 3.84. The fourth-order valence-electron chi connectivity index (χ4n) is 0.791. The maximum atomic E-state index is 10.6.